The van der Waals surface area contributed by atoms with Crippen LogP contribution in [0.2, 0.25) is 5.02 Å². The van der Waals surface area contributed by atoms with Crippen molar-refractivity contribution in [3.05, 3.63) is 70.3 Å². The van der Waals surface area contributed by atoms with Gasteiger partial charge in [0.05, 0.1) is 29.1 Å². The molecule has 2 N–H and O–H groups in total. The predicted molar refractivity (Wildman–Crippen MR) is 186 cm³/mol. The van der Waals surface area contributed by atoms with Crippen molar-refractivity contribution in [1.29, 1.82) is 0 Å². The number of aryl methyl sites for hydroxylation is 1. The number of carbonyl (C=O) groups is 2. The summed E-state index contributed by atoms with van der Waals surface area (Å²) in [7, 11) is -2.23. The van der Waals surface area contributed by atoms with Crippen molar-refractivity contribution in [3.8, 4) is 5.75 Å². The fraction of sp³-hybridized carbons (Fsp3) is 0.568. The van der Waals surface area contributed by atoms with Gasteiger partial charge in [0.2, 0.25) is 15.9 Å². The summed E-state index contributed by atoms with van der Waals surface area (Å²) in [5.74, 6) is -1.08. The van der Waals surface area contributed by atoms with Crippen LogP contribution < -0.4 is 14.4 Å². The monoisotopic (exact) mass is 695 g/mol. The first-order valence-corrected chi connectivity index (χ1v) is 19.3. The third kappa shape index (κ3) is 5.71. The third-order valence-corrected chi connectivity index (χ3v) is 14.3. The van der Waals surface area contributed by atoms with Gasteiger partial charge in [0.25, 0.3) is 5.91 Å². The van der Waals surface area contributed by atoms with E-state index in [1.54, 1.807) is 43.1 Å². The van der Waals surface area contributed by atoms with E-state index in [1.807, 2.05) is 19.1 Å². The Hall–Kier alpha value is -3.08. The molecule has 3 heterocycles. The largest absolute Gasteiger partial charge is 0.490 e. The van der Waals surface area contributed by atoms with Gasteiger partial charge in [0.1, 0.15) is 5.75 Å². The number of benzene rings is 2. The average molecular weight is 696 g/mol. The van der Waals surface area contributed by atoms with E-state index >= 15 is 0 Å². The van der Waals surface area contributed by atoms with Crippen LogP contribution in [0.3, 0.4) is 0 Å². The van der Waals surface area contributed by atoms with E-state index in [0.717, 1.165) is 37.8 Å². The van der Waals surface area contributed by atoms with Gasteiger partial charge in [-0.2, -0.15) is 0 Å². The van der Waals surface area contributed by atoms with Crippen LogP contribution in [-0.2, 0) is 26.7 Å². The Morgan fingerprint density at radius 1 is 1.08 bits per heavy atom. The number of likely N-dealkylation sites (tertiary alicyclic amines) is 1. The first kappa shape index (κ1) is 33.4. The molecule has 1 saturated carbocycles. The molecule has 2 bridgehead atoms. The molecule has 7 rings (SSSR count). The second kappa shape index (κ2) is 12.4. The zero-order valence-electron chi connectivity index (χ0n) is 28.0. The minimum Gasteiger partial charge on any atom is -0.490 e. The number of rotatable bonds is 1. The van der Waals surface area contributed by atoms with Gasteiger partial charge < -0.3 is 19.6 Å². The van der Waals surface area contributed by atoms with Crippen molar-refractivity contribution in [3.63, 3.8) is 0 Å². The summed E-state index contributed by atoms with van der Waals surface area (Å²) in [5, 5.41) is 12.4. The molecule has 0 aromatic heterocycles. The van der Waals surface area contributed by atoms with Gasteiger partial charge in [-0.3, -0.25) is 9.59 Å². The number of allylic oxidation sites excluding steroid dienone is 1. The maximum Gasteiger partial charge on any atom is 0.264 e. The number of nitrogens with one attached hydrogen (secondary N) is 1. The van der Waals surface area contributed by atoms with Crippen molar-refractivity contribution in [2.24, 2.45) is 23.7 Å². The second-order valence-electron chi connectivity index (χ2n) is 15.0. The van der Waals surface area contributed by atoms with Gasteiger partial charge in [-0.05, 0) is 111 Å². The number of hydrogen-bond acceptors (Lipinski definition) is 7. The Morgan fingerprint density at radius 2 is 1.90 bits per heavy atom. The van der Waals surface area contributed by atoms with Crippen LogP contribution in [0.5, 0.6) is 5.75 Å². The minimum absolute atomic E-state index is 0.0523. The van der Waals surface area contributed by atoms with Gasteiger partial charge in [0, 0.05) is 42.7 Å². The van der Waals surface area contributed by atoms with Gasteiger partial charge in [-0.1, -0.05) is 36.7 Å². The maximum atomic E-state index is 13.5. The summed E-state index contributed by atoms with van der Waals surface area (Å²) in [4.78, 5) is 30.9. The van der Waals surface area contributed by atoms with Crippen LogP contribution in [0, 0.1) is 23.7 Å². The number of nitrogens with zero attached hydrogens (tertiary/aromatic N) is 2. The minimum atomic E-state index is -4.02. The van der Waals surface area contributed by atoms with Crippen LogP contribution in [0.4, 0.5) is 5.69 Å². The Bertz CT molecular complexity index is 1760. The summed E-state index contributed by atoms with van der Waals surface area (Å²) in [6.07, 6.45) is 9.11. The molecule has 11 heteroatoms. The highest BCUT2D eigenvalue weighted by Crippen LogP contribution is 2.51. The van der Waals surface area contributed by atoms with Crippen molar-refractivity contribution < 1.29 is 27.9 Å². The lowest BCUT2D eigenvalue weighted by molar-refractivity contribution is -0.143. The van der Waals surface area contributed by atoms with Crippen molar-refractivity contribution in [2.75, 3.05) is 38.2 Å². The van der Waals surface area contributed by atoms with Gasteiger partial charge in [-0.25, -0.2) is 13.1 Å². The predicted octanol–water partition coefficient (Wildman–Crippen LogP) is 5.09. The number of fused-ring (bicyclic) bond motifs is 4. The van der Waals surface area contributed by atoms with E-state index in [2.05, 4.69) is 21.8 Å². The van der Waals surface area contributed by atoms with E-state index in [1.165, 1.54) is 11.1 Å². The fourth-order valence-electron chi connectivity index (χ4n) is 8.93. The highest BCUT2D eigenvalue weighted by molar-refractivity contribution is 7.90. The molecular weight excluding hydrogens is 650 g/mol. The van der Waals surface area contributed by atoms with E-state index in [4.69, 9.17) is 16.3 Å². The Balaban J connectivity index is 1.34. The van der Waals surface area contributed by atoms with E-state index in [-0.39, 0.29) is 34.6 Å². The number of halogens is 1. The molecule has 5 aliphatic rings. The van der Waals surface area contributed by atoms with E-state index in [0.29, 0.717) is 49.9 Å². The van der Waals surface area contributed by atoms with Crippen LogP contribution >= 0.6 is 11.6 Å². The zero-order valence-corrected chi connectivity index (χ0v) is 29.5. The summed E-state index contributed by atoms with van der Waals surface area (Å²) < 4.78 is 35.8. The molecule has 2 aliphatic carbocycles. The molecule has 48 heavy (non-hydrogen) atoms. The van der Waals surface area contributed by atoms with Gasteiger partial charge >= 0.3 is 0 Å². The number of anilines is 1. The van der Waals surface area contributed by atoms with E-state index < -0.39 is 32.7 Å². The highest BCUT2D eigenvalue weighted by atomic mass is 35.5. The van der Waals surface area contributed by atoms with Crippen molar-refractivity contribution >= 4 is 39.1 Å². The molecule has 2 aromatic rings. The average Bonchev–Trinajstić information content (AvgIpc) is 3.29. The topological polar surface area (TPSA) is 116 Å². The van der Waals surface area contributed by atoms with Gasteiger partial charge in [-0.15, -0.1) is 0 Å². The first-order chi connectivity index (χ1) is 22.8. The molecule has 0 radical (unpaired) electrons. The number of aliphatic hydroxyl groups is 1. The Morgan fingerprint density at radius 3 is 2.62 bits per heavy atom. The quantitative estimate of drug-likeness (QED) is 0.400. The SMILES string of the molecule is C[C@@H]1[C@@H](C)C/C=C/[C@](O)([C@H]2CCN(C)C2=O)[C@@H]2CC[C@H]2CN2C[C@@]3(CCCc4cc(Cl)ccc43)COc3ccc(cc32)C(=O)NS1(=O)=O. The first-order valence-electron chi connectivity index (χ1n) is 17.3. The van der Waals surface area contributed by atoms with Crippen LogP contribution in [0.1, 0.15) is 73.9 Å². The zero-order chi connectivity index (χ0) is 34.0. The molecule has 7 atom stereocenters. The second-order valence-corrected chi connectivity index (χ2v) is 17.5. The normalized spacial score (nSPS) is 35.5. The molecule has 2 aromatic carbocycles. The number of ether oxygens (including phenoxy) is 1. The fourth-order valence-corrected chi connectivity index (χ4v) is 10.4. The van der Waals surface area contributed by atoms with Crippen LogP contribution in [-0.4, -0.2) is 74.4 Å². The van der Waals surface area contributed by atoms with E-state index in [9.17, 15) is 23.1 Å². The Labute approximate surface area is 288 Å². The standard InChI is InChI=1S/C37H46ClN3O6S/c1-23-6-4-16-37(44,31-14-17-40(3)35(31)43)30-11-8-27(30)20-41-21-36(15-5-7-25-18-28(38)10-12-29(25)36)22-47-33-13-9-26(19-32(33)41)34(42)39-48(45,46)24(23)2/h4,9-10,12-13,16,18-19,23-24,27,30-31,44H,5-8,11,14-15,17,20-22H2,1-3H3,(H,39,42)/b16-4+/t23-,24+,27-,30+,31-,36-,37+/m0/s1. The summed E-state index contributed by atoms with van der Waals surface area (Å²) in [5.41, 5.74) is 1.70. The maximum absolute atomic E-state index is 13.5. The number of amides is 2. The molecule has 3 aliphatic heterocycles. The van der Waals surface area contributed by atoms with Crippen LogP contribution in [0.25, 0.3) is 0 Å². The number of carbonyl (C=O) groups excluding carboxylic acids is 2. The molecule has 2 fully saturated rings. The lowest BCUT2D eigenvalue weighted by atomic mass is 9.60. The molecule has 258 valence electrons. The summed E-state index contributed by atoms with van der Waals surface area (Å²) in [6.45, 7) is 5.68. The number of hydrogen-bond donors (Lipinski definition) is 2. The Kier molecular flexibility index (Phi) is 8.60. The molecule has 9 nitrogen and oxygen atoms in total. The molecule has 1 spiro atoms. The van der Waals surface area contributed by atoms with Gasteiger partial charge in [0.15, 0.2) is 0 Å². The molecule has 0 unspecified atom stereocenters. The lowest BCUT2D eigenvalue weighted by Gasteiger charge is -2.50. The number of sulfonamides is 1. The summed E-state index contributed by atoms with van der Waals surface area (Å²) >= 11 is 6.44. The van der Waals surface area contributed by atoms with Crippen molar-refractivity contribution in [1.82, 2.24) is 9.62 Å². The molecule has 1 saturated heterocycles. The summed E-state index contributed by atoms with van der Waals surface area (Å²) in [6, 6.07) is 11.3. The molecule has 2 amide bonds. The third-order valence-electron chi connectivity index (χ3n) is 12.2. The lowest BCUT2D eigenvalue weighted by Crippen LogP contribution is -2.56. The molecular formula is C37H46ClN3O6S. The van der Waals surface area contributed by atoms with Crippen molar-refractivity contribution in [2.45, 2.75) is 75.1 Å². The smallest absolute Gasteiger partial charge is 0.264 e. The highest BCUT2D eigenvalue weighted by Gasteiger charge is 2.54. The van der Waals surface area contributed by atoms with Crippen LogP contribution in [0.15, 0.2) is 48.6 Å².